The summed E-state index contributed by atoms with van der Waals surface area (Å²) in [7, 11) is -2.03. The van der Waals surface area contributed by atoms with Gasteiger partial charge in [-0.25, -0.2) is 0 Å². The molecule has 1 aromatic carbocycles. The van der Waals surface area contributed by atoms with Crippen molar-refractivity contribution in [3.8, 4) is 0 Å². The summed E-state index contributed by atoms with van der Waals surface area (Å²) in [6.07, 6.45) is 1.71. The van der Waals surface area contributed by atoms with E-state index in [2.05, 4.69) is 58.9 Å². The van der Waals surface area contributed by atoms with Crippen molar-refractivity contribution in [3.63, 3.8) is 0 Å². The molecule has 0 bridgehead atoms. The Morgan fingerprint density at radius 3 is 1.91 bits per heavy atom. The number of rotatable bonds is 6. The summed E-state index contributed by atoms with van der Waals surface area (Å²) >= 11 is 0. The van der Waals surface area contributed by atoms with E-state index < -0.39 is 8.03 Å². The molecule has 0 saturated heterocycles. The van der Waals surface area contributed by atoms with E-state index in [1.807, 2.05) is 20.8 Å². The van der Waals surface area contributed by atoms with Crippen molar-refractivity contribution >= 4 is 8.03 Å². The molecule has 132 valence electrons. The van der Waals surface area contributed by atoms with Crippen LogP contribution in [0.25, 0.3) is 0 Å². The largest absolute Gasteiger partial charge is 0.324 e. The van der Waals surface area contributed by atoms with Gasteiger partial charge >= 0.3 is 0 Å². The van der Waals surface area contributed by atoms with E-state index in [4.69, 9.17) is 4.52 Å². The Hall–Kier alpha value is -0.590. The van der Waals surface area contributed by atoms with E-state index in [1.165, 1.54) is 12.0 Å². The van der Waals surface area contributed by atoms with Crippen LogP contribution in [0, 0.1) is 11.3 Å². The molecular formula is C20H35O2P. The van der Waals surface area contributed by atoms with Gasteiger partial charge in [0.25, 0.3) is 0 Å². The van der Waals surface area contributed by atoms with Gasteiger partial charge < -0.3 is 4.52 Å². The van der Waals surface area contributed by atoms with Gasteiger partial charge in [-0.2, -0.15) is 0 Å². The minimum Gasteiger partial charge on any atom is -0.324 e. The molecule has 0 amide bonds. The highest BCUT2D eigenvalue weighted by Gasteiger charge is 2.26. The molecule has 1 aromatic rings. The first-order valence-electron chi connectivity index (χ1n) is 8.69. The van der Waals surface area contributed by atoms with E-state index in [0.717, 1.165) is 5.56 Å². The first-order valence-corrected chi connectivity index (χ1v) is 10.2. The van der Waals surface area contributed by atoms with Crippen molar-refractivity contribution in [3.05, 3.63) is 35.4 Å². The van der Waals surface area contributed by atoms with Crippen LogP contribution in [0.1, 0.15) is 78.9 Å². The van der Waals surface area contributed by atoms with Crippen LogP contribution in [0.15, 0.2) is 24.3 Å². The Balaban J connectivity index is 2.84. The number of benzene rings is 1. The third-order valence-corrected chi connectivity index (χ3v) is 5.44. The molecule has 1 rings (SSSR count). The number of hydrogen-bond acceptors (Lipinski definition) is 2. The standard InChI is InChI=1S/C20H35O2P/c1-15(2)13-18(19(3,4)5)17-11-9-16(10-12-17)14-23(21)22-20(6,7)8/h9-12,15,18,23H,13-14H2,1-8H3. The zero-order chi connectivity index (χ0) is 17.8. The maximum Gasteiger partial charge on any atom is 0.196 e. The average Bonchev–Trinajstić information content (AvgIpc) is 2.33. The van der Waals surface area contributed by atoms with E-state index in [9.17, 15) is 4.57 Å². The van der Waals surface area contributed by atoms with Gasteiger partial charge in [-0.05, 0) is 55.6 Å². The highest BCUT2D eigenvalue weighted by Crippen LogP contribution is 2.40. The number of hydrogen-bond donors (Lipinski definition) is 0. The maximum absolute atomic E-state index is 12.1. The molecule has 0 radical (unpaired) electrons. The second-order valence-corrected chi connectivity index (χ2v) is 10.4. The Labute approximate surface area is 143 Å². The van der Waals surface area contributed by atoms with Gasteiger partial charge in [-0.1, -0.05) is 58.9 Å². The quantitative estimate of drug-likeness (QED) is 0.543. The summed E-state index contributed by atoms with van der Waals surface area (Å²) in [5.74, 6) is 1.22. The van der Waals surface area contributed by atoms with Crippen LogP contribution >= 0.6 is 8.03 Å². The van der Waals surface area contributed by atoms with Crippen LogP contribution in [0.4, 0.5) is 0 Å². The fraction of sp³-hybridized carbons (Fsp3) is 0.700. The van der Waals surface area contributed by atoms with Crippen LogP contribution in [-0.2, 0) is 15.3 Å². The molecule has 0 saturated carbocycles. The van der Waals surface area contributed by atoms with Gasteiger partial charge in [-0.15, -0.1) is 0 Å². The smallest absolute Gasteiger partial charge is 0.196 e. The van der Waals surface area contributed by atoms with Crippen LogP contribution < -0.4 is 0 Å². The summed E-state index contributed by atoms with van der Waals surface area (Å²) < 4.78 is 17.7. The lowest BCUT2D eigenvalue weighted by molar-refractivity contribution is 0.143. The Kier molecular flexibility index (Phi) is 7.11. The first-order chi connectivity index (χ1) is 10.4. The molecule has 2 nitrogen and oxygen atoms in total. The highest BCUT2D eigenvalue weighted by atomic mass is 31.1. The third kappa shape index (κ3) is 7.68. The Morgan fingerprint density at radius 2 is 1.52 bits per heavy atom. The molecule has 23 heavy (non-hydrogen) atoms. The summed E-state index contributed by atoms with van der Waals surface area (Å²) in [6.45, 7) is 17.3. The second kappa shape index (κ2) is 7.99. The van der Waals surface area contributed by atoms with Crippen molar-refractivity contribution in [2.45, 2.75) is 79.5 Å². The maximum atomic E-state index is 12.1. The molecule has 0 heterocycles. The average molecular weight is 338 g/mol. The van der Waals surface area contributed by atoms with Crippen molar-refractivity contribution in [2.24, 2.45) is 11.3 Å². The Bertz CT molecular complexity index is 504. The van der Waals surface area contributed by atoms with E-state index in [1.54, 1.807) is 0 Å². The van der Waals surface area contributed by atoms with Crippen LogP contribution in [-0.4, -0.2) is 5.60 Å². The zero-order valence-electron chi connectivity index (χ0n) is 16.2. The highest BCUT2D eigenvalue weighted by molar-refractivity contribution is 7.38. The normalized spacial score (nSPS) is 15.7. The van der Waals surface area contributed by atoms with Crippen molar-refractivity contribution in [2.75, 3.05) is 0 Å². The van der Waals surface area contributed by atoms with Gasteiger partial charge in [0.2, 0.25) is 0 Å². The predicted octanol–water partition coefficient (Wildman–Crippen LogP) is 6.65. The van der Waals surface area contributed by atoms with E-state index in [-0.39, 0.29) is 11.0 Å². The van der Waals surface area contributed by atoms with Crippen molar-refractivity contribution < 1.29 is 9.09 Å². The molecule has 0 aromatic heterocycles. The lowest BCUT2D eigenvalue weighted by Gasteiger charge is -2.32. The minimum atomic E-state index is -2.03. The fourth-order valence-corrected chi connectivity index (χ4v) is 4.20. The van der Waals surface area contributed by atoms with Crippen molar-refractivity contribution in [1.82, 2.24) is 0 Å². The molecule has 0 aliphatic heterocycles. The molecule has 3 heteroatoms. The minimum absolute atomic E-state index is 0.245. The molecule has 0 aliphatic rings. The topological polar surface area (TPSA) is 26.3 Å². The van der Waals surface area contributed by atoms with Crippen molar-refractivity contribution in [1.29, 1.82) is 0 Å². The molecule has 2 atom stereocenters. The summed E-state index contributed by atoms with van der Waals surface area (Å²) in [6, 6.07) is 8.64. The van der Waals surface area contributed by atoms with Gasteiger partial charge in [0.1, 0.15) is 0 Å². The van der Waals surface area contributed by atoms with Gasteiger partial charge in [0.05, 0.1) is 5.60 Å². The second-order valence-electron chi connectivity index (χ2n) is 9.05. The van der Waals surface area contributed by atoms with Crippen LogP contribution in [0.3, 0.4) is 0 Å². The molecule has 0 spiro atoms. The summed E-state index contributed by atoms with van der Waals surface area (Å²) in [5.41, 5.74) is 2.38. The van der Waals surface area contributed by atoms with Gasteiger partial charge in [-0.3, -0.25) is 4.57 Å². The predicted molar refractivity (Wildman–Crippen MR) is 102 cm³/mol. The molecular weight excluding hydrogens is 303 g/mol. The van der Waals surface area contributed by atoms with Crippen LogP contribution in [0.2, 0.25) is 0 Å². The molecule has 2 unspecified atom stereocenters. The summed E-state index contributed by atoms with van der Waals surface area (Å²) in [4.78, 5) is 0. The lowest BCUT2D eigenvalue weighted by atomic mass is 9.72. The van der Waals surface area contributed by atoms with Gasteiger partial charge in [0, 0.05) is 6.16 Å². The molecule has 0 fully saturated rings. The lowest BCUT2D eigenvalue weighted by Crippen LogP contribution is -2.20. The zero-order valence-corrected chi connectivity index (χ0v) is 17.2. The monoisotopic (exact) mass is 338 g/mol. The van der Waals surface area contributed by atoms with E-state index >= 15 is 0 Å². The fourth-order valence-electron chi connectivity index (χ4n) is 2.87. The van der Waals surface area contributed by atoms with Gasteiger partial charge in [0.15, 0.2) is 8.03 Å². The molecule has 0 N–H and O–H groups in total. The Morgan fingerprint density at radius 1 is 1.00 bits per heavy atom. The van der Waals surface area contributed by atoms with Crippen LogP contribution in [0.5, 0.6) is 0 Å². The summed E-state index contributed by atoms with van der Waals surface area (Å²) in [5, 5.41) is 0. The van der Waals surface area contributed by atoms with E-state index in [0.29, 0.717) is 18.0 Å². The molecule has 0 aliphatic carbocycles. The SMILES string of the molecule is CC(C)CC(c1ccc(C[PH](=O)OC(C)(C)C)cc1)C(C)(C)C. The third-order valence-electron chi connectivity index (χ3n) is 3.90. The first kappa shape index (κ1) is 20.5.